The lowest BCUT2D eigenvalue weighted by atomic mass is 9.81. The molecule has 10 nitrogen and oxygen atoms in total. The van der Waals surface area contributed by atoms with Crippen molar-refractivity contribution in [2.45, 2.75) is 64.8 Å². The van der Waals surface area contributed by atoms with E-state index in [4.69, 9.17) is 15.2 Å². The maximum Gasteiger partial charge on any atom is 0.339 e. The maximum atomic E-state index is 14.1. The van der Waals surface area contributed by atoms with Crippen LogP contribution < -0.4 is 11.1 Å². The van der Waals surface area contributed by atoms with Crippen LogP contribution in [0.3, 0.4) is 0 Å². The van der Waals surface area contributed by atoms with E-state index in [1.807, 2.05) is 36.4 Å². The SMILES string of the molecule is CC1=C(C(=O)OC(C)C)C(c2cccc([N+](=O)[O-])c2)C(C(=O)OC2C[N+](C(C)C)(C(c3ccccc3)c3ccccc3)C2)=C(N)N1. The monoisotopic (exact) mass is 625 g/mol. The van der Waals surface area contributed by atoms with Gasteiger partial charge in [-0.2, -0.15) is 0 Å². The highest BCUT2D eigenvalue weighted by atomic mass is 16.6. The molecular formula is C36H41N4O6+. The molecule has 1 atom stereocenters. The number of hydrogen-bond donors (Lipinski definition) is 2. The summed E-state index contributed by atoms with van der Waals surface area (Å²) >= 11 is 0. The molecule has 2 aliphatic heterocycles. The van der Waals surface area contributed by atoms with Crippen LogP contribution in [0.2, 0.25) is 0 Å². The maximum absolute atomic E-state index is 14.1. The highest BCUT2D eigenvalue weighted by Gasteiger charge is 2.54. The average Bonchev–Trinajstić information content (AvgIpc) is 2.99. The average molecular weight is 626 g/mol. The third kappa shape index (κ3) is 6.25. The van der Waals surface area contributed by atoms with Crippen LogP contribution in [0.5, 0.6) is 0 Å². The van der Waals surface area contributed by atoms with E-state index in [0.717, 1.165) is 0 Å². The highest BCUT2D eigenvalue weighted by Crippen LogP contribution is 2.45. The van der Waals surface area contributed by atoms with Gasteiger partial charge in [0.15, 0.2) is 6.10 Å². The number of carbonyl (C=O) groups excluding carboxylic acids is 2. The Kier molecular flexibility index (Phi) is 9.29. The molecule has 0 saturated carbocycles. The van der Waals surface area contributed by atoms with E-state index in [1.54, 1.807) is 26.8 Å². The van der Waals surface area contributed by atoms with Crippen LogP contribution in [0.25, 0.3) is 0 Å². The lowest BCUT2D eigenvalue weighted by Crippen LogP contribution is -2.71. The number of nitro groups is 1. The Balaban J connectivity index is 1.48. The second-order valence-corrected chi connectivity index (χ2v) is 12.5. The fourth-order valence-corrected chi connectivity index (χ4v) is 6.76. The summed E-state index contributed by atoms with van der Waals surface area (Å²) < 4.78 is 12.4. The van der Waals surface area contributed by atoms with Crippen LogP contribution in [0.15, 0.2) is 108 Å². The number of ether oxygens (including phenoxy) is 2. The summed E-state index contributed by atoms with van der Waals surface area (Å²) in [7, 11) is 0. The summed E-state index contributed by atoms with van der Waals surface area (Å²) in [4.78, 5) is 38.7. The number of benzene rings is 3. The predicted molar refractivity (Wildman–Crippen MR) is 174 cm³/mol. The molecule has 0 radical (unpaired) electrons. The molecule has 1 fully saturated rings. The summed E-state index contributed by atoms with van der Waals surface area (Å²) in [6.45, 7) is 10.6. The predicted octanol–water partition coefficient (Wildman–Crippen LogP) is 5.62. The number of nitro benzene ring substituents is 1. The molecule has 2 aliphatic rings. The molecule has 3 N–H and O–H groups in total. The molecule has 10 heteroatoms. The van der Waals surface area contributed by atoms with E-state index < -0.39 is 35.0 Å². The molecule has 3 aromatic rings. The summed E-state index contributed by atoms with van der Waals surface area (Å²) in [5.41, 5.74) is 9.52. The molecule has 0 amide bonds. The van der Waals surface area contributed by atoms with E-state index in [9.17, 15) is 19.7 Å². The third-order valence-electron chi connectivity index (χ3n) is 8.92. The molecular weight excluding hydrogens is 584 g/mol. The lowest BCUT2D eigenvalue weighted by molar-refractivity contribution is -1.01. The molecule has 1 saturated heterocycles. The van der Waals surface area contributed by atoms with Gasteiger partial charge in [0.2, 0.25) is 0 Å². The number of nitrogens with zero attached hydrogens (tertiary/aromatic N) is 2. The molecule has 0 aliphatic carbocycles. The number of hydrogen-bond acceptors (Lipinski definition) is 8. The first-order valence-electron chi connectivity index (χ1n) is 15.5. The van der Waals surface area contributed by atoms with Gasteiger partial charge in [-0.1, -0.05) is 72.8 Å². The Hall–Kier alpha value is -4.96. The van der Waals surface area contributed by atoms with Gasteiger partial charge < -0.3 is 25.0 Å². The van der Waals surface area contributed by atoms with Crippen LogP contribution in [-0.4, -0.2) is 52.7 Å². The van der Waals surface area contributed by atoms with Crippen molar-refractivity contribution in [2.24, 2.45) is 5.73 Å². The van der Waals surface area contributed by atoms with Crippen molar-refractivity contribution in [2.75, 3.05) is 13.1 Å². The Bertz CT molecular complexity index is 1640. The van der Waals surface area contributed by atoms with Crippen molar-refractivity contribution in [3.63, 3.8) is 0 Å². The van der Waals surface area contributed by atoms with E-state index in [2.05, 4.69) is 43.4 Å². The summed E-state index contributed by atoms with van der Waals surface area (Å²) in [6.07, 6.45) is -0.856. The first-order chi connectivity index (χ1) is 21.9. The van der Waals surface area contributed by atoms with Crippen molar-refractivity contribution in [1.29, 1.82) is 0 Å². The number of nitrogens with one attached hydrogen (secondary N) is 1. The number of likely N-dealkylation sites (tertiary alicyclic amines) is 1. The van der Waals surface area contributed by atoms with Gasteiger partial charge >= 0.3 is 11.9 Å². The largest absolute Gasteiger partial charge is 0.460 e. The number of allylic oxidation sites excluding steroid dienone is 1. The van der Waals surface area contributed by atoms with Gasteiger partial charge in [-0.05, 0) is 40.2 Å². The van der Waals surface area contributed by atoms with Crippen molar-refractivity contribution >= 4 is 17.6 Å². The van der Waals surface area contributed by atoms with Gasteiger partial charge in [-0.25, -0.2) is 9.59 Å². The summed E-state index contributed by atoms with van der Waals surface area (Å²) in [5, 5.41) is 14.6. The zero-order valence-corrected chi connectivity index (χ0v) is 26.8. The fourth-order valence-electron chi connectivity index (χ4n) is 6.76. The smallest absolute Gasteiger partial charge is 0.339 e. The van der Waals surface area contributed by atoms with Crippen LogP contribution in [0.1, 0.15) is 63.3 Å². The van der Waals surface area contributed by atoms with Gasteiger partial charge in [0.1, 0.15) is 25.0 Å². The van der Waals surface area contributed by atoms with E-state index in [1.165, 1.54) is 29.3 Å². The van der Waals surface area contributed by atoms with Crippen molar-refractivity contribution in [3.8, 4) is 0 Å². The second-order valence-electron chi connectivity index (χ2n) is 12.5. The second kappa shape index (κ2) is 13.2. The number of esters is 2. The summed E-state index contributed by atoms with van der Waals surface area (Å²) in [6, 6.07) is 26.8. The summed E-state index contributed by atoms with van der Waals surface area (Å²) in [5.74, 6) is -2.35. The number of carbonyl (C=O) groups is 2. The number of dihydropyridines is 1. The van der Waals surface area contributed by atoms with Gasteiger partial charge in [-0.3, -0.25) is 10.1 Å². The molecule has 0 spiro atoms. The van der Waals surface area contributed by atoms with E-state index in [0.29, 0.717) is 28.8 Å². The van der Waals surface area contributed by atoms with Crippen molar-refractivity contribution in [3.05, 3.63) is 134 Å². The number of quaternary nitrogens is 1. The van der Waals surface area contributed by atoms with Crippen LogP contribution in [0.4, 0.5) is 5.69 Å². The topological polar surface area (TPSA) is 134 Å². The zero-order chi connectivity index (χ0) is 33.2. The minimum Gasteiger partial charge on any atom is -0.460 e. The highest BCUT2D eigenvalue weighted by molar-refractivity contribution is 6.00. The standard InChI is InChI=1S/C36H40N4O6/c1-22(2)40(33(25-13-8-6-9-14-25)26-15-10-7-11-16-26)20-29(21-40)46-36(42)32-31(27-17-12-18-28(19-27)39(43)44)30(24(5)38-34(32)37)35(41)45-23(3)4/h6-19,22-23,29,31,33H,20-21H2,1-5H3,(H2-,37,38,41,42)/p+1. The molecule has 5 rings (SSSR count). The molecule has 0 bridgehead atoms. The van der Waals surface area contributed by atoms with Crippen molar-refractivity contribution < 1.29 is 28.5 Å². The normalized spacial score (nSPS) is 21.2. The van der Waals surface area contributed by atoms with Gasteiger partial charge in [0, 0.05) is 29.0 Å². The molecule has 240 valence electrons. The third-order valence-corrected chi connectivity index (χ3v) is 8.92. The molecule has 3 aromatic carbocycles. The first-order valence-corrected chi connectivity index (χ1v) is 15.5. The Morgan fingerprint density at radius 2 is 1.48 bits per heavy atom. The van der Waals surface area contributed by atoms with Crippen LogP contribution in [-0.2, 0) is 19.1 Å². The quantitative estimate of drug-likeness (QED) is 0.128. The Morgan fingerprint density at radius 1 is 0.891 bits per heavy atom. The number of rotatable bonds is 10. The molecule has 46 heavy (non-hydrogen) atoms. The van der Waals surface area contributed by atoms with Gasteiger partial charge in [-0.15, -0.1) is 0 Å². The first kappa shape index (κ1) is 32.4. The van der Waals surface area contributed by atoms with E-state index >= 15 is 0 Å². The minimum absolute atomic E-state index is 0.0130. The lowest BCUT2D eigenvalue weighted by Gasteiger charge is -2.57. The van der Waals surface area contributed by atoms with Crippen LogP contribution >= 0.6 is 0 Å². The van der Waals surface area contributed by atoms with Crippen molar-refractivity contribution in [1.82, 2.24) is 5.32 Å². The molecule has 1 unspecified atom stereocenters. The molecule has 2 heterocycles. The Morgan fingerprint density at radius 3 is 2.00 bits per heavy atom. The van der Waals surface area contributed by atoms with E-state index in [-0.39, 0.29) is 34.7 Å². The number of non-ortho nitro benzene ring substituents is 1. The zero-order valence-electron chi connectivity index (χ0n) is 26.8. The fraction of sp³-hybridized carbons (Fsp3) is 0.333. The van der Waals surface area contributed by atoms with Crippen LogP contribution in [0, 0.1) is 10.1 Å². The molecule has 0 aromatic heterocycles. The van der Waals surface area contributed by atoms with Gasteiger partial charge in [0.05, 0.1) is 34.1 Å². The number of nitrogens with two attached hydrogens (primary N) is 1. The van der Waals surface area contributed by atoms with Gasteiger partial charge in [0.25, 0.3) is 5.69 Å². The Labute approximate surface area is 269 Å². The minimum atomic E-state index is -1.04.